The Hall–Kier alpha value is -1.88. The van der Waals surface area contributed by atoms with Crippen LogP contribution in [0.15, 0.2) is 24.3 Å². The molecule has 5 nitrogen and oxygen atoms in total. The second kappa shape index (κ2) is 5.63. The van der Waals surface area contributed by atoms with Gasteiger partial charge >= 0.3 is 0 Å². The fourth-order valence-electron chi connectivity index (χ4n) is 2.73. The van der Waals surface area contributed by atoms with E-state index in [4.69, 9.17) is 4.74 Å². The third kappa shape index (κ3) is 2.54. The maximum absolute atomic E-state index is 12.5. The van der Waals surface area contributed by atoms with Gasteiger partial charge in [0.05, 0.1) is 7.11 Å². The van der Waals surface area contributed by atoms with Crippen molar-refractivity contribution in [3.8, 4) is 5.75 Å². The molecular formula is C15H17O5-. The fraction of sp³-hybridized carbons (Fsp3) is 0.467. The fourth-order valence-corrected chi connectivity index (χ4v) is 2.73. The van der Waals surface area contributed by atoms with Crippen molar-refractivity contribution in [3.63, 3.8) is 0 Å². The number of aliphatic hydroxyl groups is 1. The van der Waals surface area contributed by atoms with E-state index in [-0.39, 0.29) is 18.4 Å². The number of rotatable bonds is 4. The highest BCUT2D eigenvalue weighted by Gasteiger charge is 2.46. The van der Waals surface area contributed by atoms with Crippen LogP contribution in [0.5, 0.6) is 5.75 Å². The van der Waals surface area contributed by atoms with Crippen molar-refractivity contribution in [3.05, 3.63) is 29.8 Å². The van der Waals surface area contributed by atoms with E-state index in [2.05, 4.69) is 0 Å². The number of hydrogen-bond acceptors (Lipinski definition) is 5. The molecule has 1 aromatic carbocycles. The van der Waals surface area contributed by atoms with Crippen LogP contribution in [0.3, 0.4) is 0 Å². The van der Waals surface area contributed by atoms with Gasteiger partial charge in [-0.1, -0.05) is 12.8 Å². The number of hydrogen-bond donors (Lipinski definition) is 1. The molecule has 2 unspecified atom stereocenters. The summed E-state index contributed by atoms with van der Waals surface area (Å²) in [6.07, 6.45) is 1.72. The van der Waals surface area contributed by atoms with Gasteiger partial charge in [-0.3, -0.25) is 4.79 Å². The van der Waals surface area contributed by atoms with E-state index >= 15 is 0 Å². The Morgan fingerprint density at radius 3 is 2.50 bits per heavy atom. The second-order valence-corrected chi connectivity index (χ2v) is 5.10. The lowest BCUT2D eigenvalue weighted by Crippen LogP contribution is -2.54. The monoisotopic (exact) mass is 277 g/mol. The molecule has 1 fully saturated rings. The molecule has 5 heteroatoms. The van der Waals surface area contributed by atoms with Crippen LogP contribution < -0.4 is 9.84 Å². The van der Waals surface area contributed by atoms with Gasteiger partial charge in [0, 0.05) is 17.5 Å². The summed E-state index contributed by atoms with van der Waals surface area (Å²) in [5, 5.41) is 21.7. The van der Waals surface area contributed by atoms with E-state index in [1.807, 2.05) is 0 Å². The quantitative estimate of drug-likeness (QED) is 0.812. The SMILES string of the molecule is COc1ccc(C(=O)C2(O)CCCCC2C(=O)[O-])cc1. The van der Waals surface area contributed by atoms with Crippen molar-refractivity contribution in [1.82, 2.24) is 0 Å². The van der Waals surface area contributed by atoms with Gasteiger partial charge in [-0.15, -0.1) is 0 Å². The van der Waals surface area contributed by atoms with E-state index in [1.165, 1.54) is 19.2 Å². The second-order valence-electron chi connectivity index (χ2n) is 5.10. The molecule has 0 spiro atoms. The van der Waals surface area contributed by atoms with Crippen LogP contribution in [-0.2, 0) is 4.79 Å². The van der Waals surface area contributed by atoms with Crippen LogP contribution in [0.25, 0.3) is 0 Å². The number of benzene rings is 1. The lowest BCUT2D eigenvalue weighted by Gasteiger charge is -2.39. The first kappa shape index (κ1) is 14.5. The number of Topliss-reactive ketones (excluding diaryl/α,β-unsaturated/α-hetero) is 1. The van der Waals surface area contributed by atoms with Crippen molar-refractivity contribution >= 4 is 11.8 Å². The molecule has 1 aromatic rings. The average Bonchev–Trinajstić information content (AvgIpc) is 2.46. The predicted molar refractivity (Wildman–Crippen MR) is 69.2 cm³/mol. The van der Waals surface area contributed by atoms with Crippen molar-refractivity contribution in [2.24, 2.45) is 5.92 Å². The van der Waals surface area contributed by atoms with Gasteiger partial charge in [0.15, 0.2) is 5.78 Å². The van der Waals surface area contributed by atoms with Crippen LogP contribution in [0.1, 0.15) is 36.0 Å². The topological polar surface area (TPSA) is 86.7 Å². The van der Waals surface area contributed by atoms with Gasteiger partial charge in [-0.25, -0.2) is 0 Å². The van der Waals surface area contributed by atoms with Crippen LogP contribution in [-0.4, -0.2) is 29.6 Å². The minimum Gasteiger partial charge on any atom is -0.550 e. The van der Waals surface area contributed by atoms with Gasteiger partial charge in [-0.2, -0.15) is 0 Å². The molecule has 0 saturated heterocycles. The van der Waals surface area contributed by atoms with Crippen LogP contribution >= 0.6 is 0 Å². The highest BCUT2D eigenvalue weighted by atomic mass is 16.5. The van der Waals surface area contributed by atoms with Crippen LogP contribution in [0, 0.1) is 5.92 Å². The molecule has 2 atom stereocenters. The molecule has 0 aromatic heterocycles. The minimum absolute atomic E-state index is 0.149. The minimum atomic E-state index is -1.87. The summed E-state index contributed by atoms with van der Waals surface area (Å²) in [7, 11) is 1.51. The molecular weight excluding hydrogens is 260 g/mol. The van der Waals surface area contributed by atoms with E-state index < -0.39 is 23.3 Å². The largest absolute Gasteiger partial charge is 0.550 e. The summed E-state index contributed by atoms with van der Waals surface area (Å²) in [5.41, 5.74) is -1.59. The molecule has 108 valence electrons. The number of methoxy groups -OCH3 is 1. The van der Waals surface area contributed by atoms with E-state index in [1.54, 1.807) is 12.1 Å². The summed E-state index contributed by atoms with van der Waals surface area (Å²) < 4.78 is 5.00. The molecule has 1 aliphatic rings. The molecule has 20 heavy (non-hydrogen) atoms. The number of carboxylic acids is 1. The molecule has 2 rings (SSSR count). The maximum atomic E-state index is 12.5. The van der Waals surface area contributed by atoms with E-state index in [0.29, 0.717) is 18.6 Å². The zero-order valence-electron chi connectivity index (χ0n) is 11.3. The molecule has 0 radical (unpaired) electrons. The highest BCUT2D eigenvalue weighted by molar-refractivity contribution is 6.04. The average molecular weight is 277 g/mol. The first-order valence-corrected chi connectivity index (χ1v) is 6.61. The molecule has 1 N–H and O–H groups in total. The molecule has 0 heterocycles. The number of ether oxygens (including phenoxy) is 1. The zero-order valence-corrected chi connectivity index (χ0v) is 11.3. The zero-order chi connectivity index (χ0) is 14.8. The van der Waals surface area contributed by atoms with Crippen molar-refractivity contribution in [2.75, 3.05) is 7.11 Å². The van der Waals surface area contributed by atoms with Crippen LogP contribution in [0.2, 0.25) is 0 Å². The summed E-state index contributed by atoms with van der Waals surface area (Å²) >= 11 is 0. The Morgan fingerprint density at radius 2 is 1.95 bits per heavy atom. The normalized spacial score (nSPS) is 26.0. The Bertz CT molecular complexity index is 508. The third-order valence-electron chi connectivity index (χ3n) is 3.91. The number of aliphatic carboxylic acids is 1. The van der Waals surface area contributed by atoms with E-state index in [0.717, 1.165) is 0 Å². The first-order valence-electron chi connectivity index (χ1n) is 6.61. The smallest absolute Gasteiger partial charge is 0.195 e. The van der Waals surface area contributed by atoms with E-state index in [9.17, 15) is 19.8 Å². The molecule has 0 aliphatic heterocycles. The van der Waals surface area contributed by atoms with Gasteiger partial charge in [0.2, 0.25) is 0 Å². The van der Waals surface area contributed by atoms with Gasteiger partial charge in [0.1, 0.15) is 11.4 Å². The van der Waals surface area contributed by atoms with Gasteiger partial charge in [-0.05, 0) is 37.1 Å². The lowest BCUT2D eigenvalue weighted by atomic mass is 9.71. The summed E-state index contributed by atoms with van der Waals surface area (Å²) in [6, 6.07) is 6.26. The van der Waals surface area contributed by atoms with Crippen molar-refractivity contribution in [1.29, 1.82) is 0 Å². The van der Waals surface area contributed by atoms with Crippen molar-refractivity contribution in [2.45, 2.75) is 31.3 Å². The van der Waals surface area contributed by atoms with Crippen LogP contribution in [0.4, 0.5) is 0 Å². The number of ketones is 1. The number of carbonyl (C=O) groups is 2. The molecule has 0 amide bonds. The van der Waals surface area contributed by atoms with Gasteiger partial charge in [0.25, 0.3) is 0 Å². The molecule has 1 aliphatic carbocycles. The standard InChI is InChI=1S/C15H18O5/c1-20-11-7-5-10(6-8-11)13(16)15(19)9-3-2-4-12(15)14(17)18/h5-8,12,19H,2-4,9H2,1H3,(H,17,18)/p-1. The Labute approximate surface area is 117 Å². The Balaban J connectivity index is 2.30. The molecule has 1 saturated carbocycles. The molecule has 0 bridgehead atoms. The lowest BCUT2D eigenvalue weighted by molar-refractivity contribution is -0.317. The van der Waals surface area contributed by atoms with Crippen molar-refractivity contribution < 1.29 is 24.5 Å². The first-order chi connectivity index (χ1) is 9.49. The third-order valence-corrected chi connectivity index (χ3v) is 3.91. The maximum Gasteiger partial charge on any atom is 0.195 e. The Morgan fingerprint density at radius 1 is 1.30 bits per heavy atom. The number of carbonyl (C=O) groups excluding carboxylic acids is 2. The highest BCUT2D eigenvalue weighted by Crippen LogP contribution is 2.36. The summed E-state index contributed by atoms with van der Waals surface area (Å²) in [4.78, 5) is 23.6. The number of carboxylic acid groups (broad SMARTS) is 1. The Kier molecular flexibility index (Phi) is 4.09. The van der Waals surface area contributed by atoms with Gasteiger partial charge < -0.3 is 19.7 Å². The summed E-state index contributed by atoms with van der Waals surface area (Å²) in [6.45, 7) is 0. The summed E-state index contributed by atoms with van der Waals surface area (Å²) in [5.74, 6) is -2.48. The predicted octanol–water partition coefficient (Wildman–Crippen LogP) is 0.549.